The van der Waals surface area contributed by atoms with Gasteiger partial charge in [-0.25, -0.2) is 9.48 Å². The molecule has 0 saturated heterocycles. The molecule has 2 N–H and O–H groups in total. The number of nitrogens with one attached hydrogen (secondary N) is 2. The fourth-order valence-electron chi connectivity index (χ4n) is 3.30. The van der Waals surface area contributed by atoms with Gasteiger partial charge in [0.1, 0.15) is 18.1 Å². The Balaban J connectivity index is 1.80. The summed E-state index contributed by atoms with van der Waals surface area (Å²) in [6.07, 6.45) is 0. The van der Waals surface area contributed by atoms with Crippen LogP contribution in [-0.4, -0.2) is 60.5 Å². The van der Waals surface area contributed by atoms with E-state index in [2.05, 4.69) is 10.6 Å². The van der Waals surface area contributed by atoms with E-state index >= 15 is 0 Å². The van der Waals surface area contributed by atoms with Crippen molar-refractivity contribution in [3.8, 4) is 11.4 Å². The first-order valence-corrected chi connectivity index (χ1v) is 11.8. The number of benzene rings is 2. The summed E-state index contributed by atoms with van der Waals surface area (Å²) in [5, 5.41) is 11.0. The summed E-state index contributed by atoms with van der Waals surface area (Å²) < 4.78 is 12.0. The average Bonchev–Trinajstić information content (AvgIpc) is 3.27. The number of rotatable bonds is 9. The molecule has 0 aliphatic carbocycles. The largest absolute Gasteiger partial charge is 0.497 e. The second-order valence-electron chi connectivity index (χ2n) is 9.17. The summed E-state index contributed by atoms with van der Waals surface area (Å²) in [6, 6.07) is 15.5. The number of amides is 3. The van der Waals surface area contributed by atoms with E-state index in [0.717, 1.165) is 11.4 Å². The molecule has 0 bridgehead atoms. The van der Waals surface area contributed by atoms with Crippen LogP contribution in [0.5, 0.6) is 5.75 Å². The normalized spacial score (nSPS) is 11.2. The van der Waals surface area contributed by atoms with Crippen molar-refractivity contribution in [1.82, 2.24) is 14.7 Å². The second kappa shape index (κ2) is 11.9. The molecular weight excluding hydrogens is 482 g/mol. The molecule has 0 fully saturated rings. The Labute approximate surface area is 216 Å². The third-order valence-corrected chi connectivity index (χ3v) is 5.60. The van der Waals surface area contributed by atoms with Crippen molar-refractivity contribution in [2.75, 3.05) is 44.5 Å². The Bertz CT molecular complexity index is 1170. The van der Waals surface area contributed by atoms with E-state index in [4.69, 9.17) is 26.2 Å². The lowest BCUT2D eigenvalue weighted by molar-refractivity contribution is -0.116. The Morgan fingerprint density at radius 2 is 1.69 bits per heavy atom. The van der Waals surface area contributed by atoms with E-state index in [1.807, 2.05) is 51.1 Å². The maximum absolute atomic E-state index is 13.1. The molecule has 0 unspecified atom stereocenters. The van der Waals surface area contributed by atoms with Gasteiger partial charge in [0.05, 0.1) is 25.1 Å². The monoisotopic (exact) mass is 513 g/mol. The Morgan fingerprint density at radius 3 is 2.28 bits per heavy atom. The average molecular weight is 514 g/mol. The van der Waals surface area contributed by atoms with Crippen LogP contribution in [0.15, 0.2) is 54.6 Å². The SMILES string of the molecule is COCCN(CC(=O)Nc1cc(C(C)(C)C)nn1-c1ccc(OC)cc1)C(=O)Nc1ccc(Cl)cc1. The van der Waals surface area contributed by atoms with Crippen molar-refractivity contribution in [1.29, 1.82) is 0 Å². The summed E-state index contributed by atoms with van der Waals surface area (Å²) in [6.45, 7) is 6.47. The van der Waals surface area contributed by atoms with Crippen LogP contribution in [0.4, 0.5) is 16.3 Å². The van der Waals surface area contributed by atoms with Crippen molar-refractivity contribution < 1.29 is 19.1 Å². The predicted molar refractivity (Wildman–Crippen MR) is 141 cm³/mol. The highest BCUT2D eigenvalue weighted by Gasteiger charge is 2.23. The molecule has 0 atom stereocenters. The third kappa shape index (κ3) is 7.22. The van der Waals surface area contributed by atoms with Crippen LogP contribution in [0.2, 0.25) is 5.02 Å². The minimum atomic E-state index is -0.427. The van der Waals surface area contributed by atoms with E-state index < -0.39 is 6.03 Å². The minimum absolute atomic E-state index is 0.179. The smallest absolute Gasteiger partial charge is 0.322 e. The molecule has 192 valence electrons. The van der Waals surface area contributed by atoms with Crippen molar-refractivity contribution >= 4 is 35.0 Å². The predicted octanol–water partition coefficient (Wildman–Crippen LogP) is 4.95. The molecule has 3 rings (SSSR count). The van der Waals surface area contributed by atoms with Crippen molar-refractivity contribution in [2.24, 2.45) is 0 Å². The van der Waals surface area contributed by atoms with Crippen molar-refractivity contribution in [3.63, 3.8) is 0 Å². The number of carbonyl (C=O) groups excluding carboxylic acids is 2. The zero-order chi connectivity index (χ0) is 26.3. The highest BCUT2D eigenvalue weighted by Crippen LogP contribution is 2.27. The molecule has 0 aliphatic heterocycles. The summed E-state index contributed by atoms with van der Waals surface area (Å²) >= 11 is 5.92. The highest BCUT2D eigenvalue weighted by molar-refractivity contribution is 6.30. The Hall–Kier alpha value is -3.56. The number of urea groups is 1. The van der Waals surface area contributed by atoms with Crippen molar-refractivity contribution in [2.45, 2.75) is 26.2 Å². The van der Waals surface area contributed by atoms with Gasteiger partial charge >= 0.3 is 6.03 Å². The maximum Gasteiger partial charge on any atom is 0.322 e. The van der Waals surface area contributed by atoms with Gasteiger partial charge in [-0.2, -0.15) is 5.10 Å². The quantitative estimate of drug-likeness (QED) is 0.422. The molecule has 0 spiro atoms. The number of methoxy groups -OCH3 is 2. The Morgan fingerprint density at radius 1 is 1.03 bits per heavy atom. The van der Waals surface area contributed by atoms with Crippen LogP contribution in [0.1, 0.15) is 26.5 Å². The number of halogens is 1. The number of hydrogen-bond acceptors (Lipinski definition) is 5. The zero-order valence-corrected chi connectivity index (χ0v) is 21.9. The van der Waals surface area contributed by atoms with Crippen LogP contribution in [0, 0.1) is 0 Å². The van der Waals surface area contributed by atoms with Crippen LogP contribution in [0.3, 0.4) is 0 Å². The molecule has 10 heteroatoms. The van der Waals surface area contributed by atoms with E-state index in [1.54, 1.807) is 36.1 Å². The fourth-order valence-corrected chi connectivity index (χ4v) is 3.43. The number of nitrogens with zero attached hydrogens (tertiary/aromatic N) is 3. The molecule has 9 nitrogen and oxygen atoms in total. The topological polar surface area (TPSA) is 97.7 Å². The molecule has 0 aliphatic rings. The zero-order valence-electron chi connectivity index (χ0n) is 21.2. The van der Waals surface area contributed by atoms with E-state index in [9.17, 15) is 9.59 Å². The van der Waals surface area contributed by atoms with Crippen LogP contribution in [-0.2, 0) is 14.9 Å². The molecular formula is C26H32ClN5O4. The van der Waals surface area contributed by atoms with Gasteiger partial charge in [-0.05, 0) is 48.5 Å². The maximum atomic E-state index is 13.1. The standard InChI is InChI=1S/C26H32ClN5O4/c1-26(2,3)22-16-23(32(30-22)20-10-12-21(36-5)13-11-20)29-24(33)17-31(14-15-35-4)25(34)28-19-8-6-18(27)7-9-19/h6-13,16H,14-15,17H2,1-5H3,(H,28,34)(H,29,33). The molecule has 2 aromatic carbocycles. The van der Waals surface area contributed by atoms with Gasteiger partial charge in [0.25, 0.3) is 0 Å². The lowest BCUT2D eigenvalue weighted by Crippen LogP contribution is -2.42. The van der Waals surface area contributed by atoms with Gasteiger partial charge in [-0.3, -0.25) is 4.79 Å². The van der Waals surface area contributed by atoms with E-state index in [-0.39, 0.29) is 31.0 Å². The van der Waals surface area contributed by atoms with Gasteiger partial charge in [0.15, 0.2) is 0 Å². The summed E-state index contributed by atoms with van der Waals surface area (Å²) in [7, 11) is 3.14. The van der Waals surface area contributed by atoms with Gasteiger partial charge < -0.3 is 25.0 Å². The van der Waals surface area contributed by atoms with Gasteiger partial charge in [-0.15, -0.1) is 0 Å². The van der Waals surface area contributed by atoms with Crippen LogP contribution in [0.25, 0.3) is 5.69 Å². The third-order valence-electron chi connectivity index (χ3n) is 5.34. The Kier molecular flexibility index (Phi) is 8.95. The van der Waals surface area contributed by atoms with E-state index in [1.165, 1.54) is 12.0 Å². The first-order valence-electron chi connectivity index (χ1n) is 11.5. The van der Waals surface area contributed by atoms with Crippen LogP contribution < -0.4 is 15.4 Å². The molecule has 3 aromatic rings. The summed E-state index contributed by atoms with van der Waals surface area (Å²) in [5.74, 6) is 0.848. The fraction of sp³-hybridized carbons (Fsp3) is 0.346. The summed E-state index contributed by atoms with van der Waals surface area (Å²) in [5.41, 5.74) is 1.91. The number of hydrogen-bond donors (Lipinski definition) is 2. The van der Waals surface area contributed by atoms with Gasteiger partial charge in [0, 0.05) is 35.8 Å². The lowest BCUT2D eigenvalue weighted by atomic mass is 9.92. The van der Waals surface area contributed by atoms with Crippen molar-refractivity contribution in [3.05, 3.63) is 65.3 Å². The molecule has 1 aromatic heterocycles. The number of ether oxygens (including phenoxy) is 2. The number of aromatic nitrogens is 2. The first-order chi connectivity index (χ1) is 17.1. The highest BCUT2D eigenvalue weighted by atomic mass is 35.5. The number of anilines is 2. The first kappa shape index (κ1) is 27.0. The minimum Gasteiger partial charge on any atom is -0.497 e. The molecule has 0 radical (unpaired) electrons. The molecule has 3 amide bonds. The lowest BCUT2D eigenvalue weighted by Gasteiger charge is -2.22. The number of carbonyl (C=O) groups is 2. The van der Waals surface area contributed by atoms with E-state index in [0.29, 0.717) is 22.3 Å². The van der Waals surface area contributed by atoms with Gasteiger partial charge in [-0.1, -0.05) is 32.4 Å². The second-order valence-corrected chi connectivity index (χ2v) is 9.61. The molecule has 36 heavy (non-hydrogen) atoms. The van der Waals surface area contributed by atoms with Crippen LogP contribution >= 0.6 is 11.6 Å². The van der Waals surface area contributed by atoms with Gasteiger partial charge in [0.2, 0.25) is 5.91 Å². The summed E-state index contributed by atoms with van der Waals surface area (Å²) in [4.78, 5) is 27.4. The molecule has 1 heterocycles. The molecule has 0 saturated carbocycles.